The zero-order valence-electron chi connectivity index (χ0n) is 11.2. The molecule has 1 heterocycles. The Morgan fingerprint density at radius 2 is 2.14 bits per heavy atom. The van der Waals surface area contributed by atoms with E-state index < -0.39 is 5.97 Å². The Bertz CT molecular complexity index is 662. The molecule has 2 aromatic rings. The third-order valence-electron chi connectivity index (χ3n) is 3.35. The number of nitrogens with two attached hydrogens (primary N) is 1. The van der Waals surface area contributed by atoms with Crippen LogP contribution in [-0.4, -0.2) is 18.7 Å². The van der Waals surface area contributed by atoms with Crippen LogP contribution >= 0.6 is 15.9 Å². The fourth-order valence-corrected chi connectivity index (χ4v) is 2.52. The molecule has 1 atom stereocenters. The van der Waals surface area contributed by atoms with Crippen molar-refractivity contribution < 1.29 is 14.3 Å². The van der Waals surface area contributed by atoms with Crippen LogP contribution in [0.5, 0.6) is 5.75 Å². The number of benzene rings is 2. The first-order chi connectivity index (χ1) is 10.1. The summed E-state index contributed by atoms with van der Waals surface area (Å²) in [6.07, 6.45) is 0.630. The first-order valence-corrected chi connectivity index (χ1v) is 7.39. The standard InChI is InChI=1S/C16H14BrNO3/c17-13-6-5-11(8-14(13)18)16(19)20-9-12-7-10-3-1-2-4-15(10)21-12/h1-6,8,12H,7,9,18H2. The zero-order valence-corrected chi connectivity index (χ0v) is 12.8. The number of anilines is 1. The number of halogens is 1. The highest BCUT2D eigenvalue weighted by molar-refractivity contribution is 9.10. The van der Waals surface area contributed by atoms with Crippen molar-refractivity contribution in [3.63, 3.8) is 0 Å². The molecule has 1 aliphatic heterocycles. The molecule has 0 saturated heterocycles. The normalized spacial score (nSPS) is 16.1. The Labute approximate surface area is 131 Å². The number of carbonyl (C=O) groups excluding carboxylic acids is 1. The second kappa shape index (κ2) is 5.77. The molecule has 2 N–H and O–H groups in total. The van der Waals surface area contributed by atoms with Gasteiger partial charge in [-0.05, 0) is 45.8 Å². The molecule has 0 aromatic heterocycles. The second-order valence-corrected chi connectivity index (χ2v) is 5.74. The third-order valence-corrected chi connectivity index (χ3v) is 4.07. The number of fused-ring (bicyclic) bond motifs is 1. The maximum Gasteiger partial charge on any atom is 0.338 e. The molecule has 1 unspecified atom stereocenters. The third kappa shape index (κ3) is 3.03. The van der Waals surface area contributed by atoms with Gasteiger partial charge < -0.3 is 15.2 Å². The predicted octanol–water partition coefficient (Wildman–Crippen LogP) is 3.19. The van der Waals surface area contributed by atoms with Crippen molar-refractivity contribution in [1.29, 1.82) is 0 Å². The van der Waals surface area contributed by atoms with Crippen molar-refractivity contribution in [2.75, 3.05) is 12.3 Å². The molecule has 5 heteroatoms. The number of nitrogen functional groups attached to an aromatic ring is 1. The lowest BCUT2D eigenvalue weighted by Crippen LogP contribution is -2.22. The molecule has 2 aromatic carbocycles. The smallest absolute Gasteiger partial charge is 0.338 e. The van der Waals surface area contributed by atoms with Crippen LogP contribution < -0.4 is 10.5 Å². The first kappa shape index (κ1) is 13.9. The predicted molar refractivity (Wildman–Crippen MR) is 83.4 cm³/mol. The molecular formula is C16H14BrNO3. The minimum Gasteiger partial charge on any atom is -0.486 e. The van der Waals surface area contributed by atoms with Crippen molar-refractivity contribution in [1.82, 2.24) is 0 Å². The van der Waals surface area contributed by atoms with E-state index in [0.29, 0.717) is 11.3 Å². The second-order valence-electron chi connectivity index (χ2n) is 4.89. The average molecular weight is 348 g/mol. The summed E-state index contributed by atoms with van der Waals surface area (Å²) >= 11 is 3.29. The number of para-hydroxylation sites is 1. The quantitative estimate of drug-likeness (QED) is 0.684. The largest absolute Gasteiger partial charge is 0.486 e. The van der Waals surface area contributed by atoms with Crippen LogP contribution in [0.1, 0.15) is 15.9 Å². The van der Waals surface area contributed by atoms with Crippen LogP contribution in [0, 0.1) is 0 Å². The van der Waals surface area contributed by atoms with E-state index in [4.69, 9.17) is 15.2 Å². The fraction of sp³-hybridized carbons (Fsp3) is 0.188. The van der Waals surface area contributed by atoms with Gasteiger partial charge in [-0.15, -0.1) is 0 Å². The SMILES string of the molecule is Nc1cc(C(=O)OCC2Cc3ccccc3O2)ccc1Br. The molecule has 0 spiro atoms. The van der Waals surface area contributed by atoms with Crippen LogP contribution in [-0.2, 0) is 11.2 Å². The maximum absolute atomic E-state index is 12.0. The summed E-state index contributed by atoms with van der Waals surface area (Å²) in [7, 11) is 0. The van der Waals surface area contributed by atoms with Gasteiger partial charge >= 0.3 is 5.97 Å². The molecule has 21 heavy (non-hydrogen) atoms. The van der Waals surface area contributed by atoms with Crippen molar-refractivity contribution in [2.24, 2.45) is 0 Å². The van der Waals surface area contributed by atoms with Gasteiger partial charge in [-0.25, -0.2) is 4.79 Å². The van der Waals surface area contributed by atoms with Gasteiger partial charge in [0.1, 0.15) is 18.5 Å². The van der Waals surface area contributed by atoms with E-state index in [1.165, 1.54) is 0 Å². The van der Waals surface area contributed by atoms with E-state index >= 15 is 0 Å². The molecule has 0 aliphatic carbocycles. The molecule has 0 amide bonds. The van der Waals surface area contributed by atoms with Crippen LogP contribution in [0.25, 0.3) is 0 Å². The number of hydrogen-bond acceptors (Lipinski definition) is 4. The molecule has 1 aliphatic rings. The van der Waals surface area contributed by atoms with E-state index in [1.807, 2.05) is 24.3 Å². The highest BCUT2D eigenvalue weighted by Gasteiger charge is 2.23. The summed E-state index contributed by atoms with van der Waals surface area (Å²) in [6.45, 7) is 0.226. The van der Waals surface area contributed by atoms with Crippen molar-refractivity contribution in [3.05, 3.63) is 58.1 Å². The summed E-state index contributed by atoms with van der Waals surface area (Å²) in [6, 6.07) is 12.8. The van der Waals surface area contributed by atoms with Gasteiger partial charge in [0.15, 0.2) is 0 Å². The lowest BCUT2D eigenvalue weighted by Gasteiger charge is -2.11. The summed E-state index contributed by atoms with van der Waals surface area (Å²) in [4.78, 5) is 12.0. The summed E-state index contributed by atoms with van der Waals surface area (Å²) in [5.41, 5.74) is 7.84. The number of esters is 1. The fourth-order valence-electron chi connectivity index (χ4n) is 2.27. The molecule has 0 bridgehead atoms. The zero-order chi connectivity index (χ0) is 14.8. The highest BCUT2D eigenvalue weighted by atomic mass is 79.9. The van der Waals surface area contributed by atoms with Gasteiger partial charge in [0.05, 0.1) is 5.56 Å². The van der Waals surface area contributed by atoms with E-state index in [-0.39, 0.29) is 12.7 Å². The monoisotopic (exact) mass is 347 g/mol. The summed E-state index contributed by atoms with van der Waals surface area (Å²) < 4.78 is 11.8. The highest BCUT2D eigenvalue weighted by Crippen LogP contribution is 2.28. The summed E-state index contributed by atoms with van der Waals surface area (Å²) in [5.74, 6) is 0.472. The van der Waals surface area contributed by atoms with Gasteiger partial charge in [0.25, 0.3) is 0 Å². The van der Waals surface area contributed by atoms with Crippen LogP contribution in [0.4, 0.5) is 5.69 Å². The average Bonchev–Trinajstić information content (AvgIpc) is 2.90. The Hall–Kier alpha value is -2.01. The van der Waals surface area contributed by atoms with E-state index in [1.54, 1.807) is 18.2 Å². The van der Waals surface area contributed by atoms with Crippen LogP contribution in [0.3, 0.4) is 0 Å². The van der Waals surface area contributed by atoms with Crippen molar-refractivity contribution >= 4 is 27.6 Å². The Balaban J connectivity index is 1.59. The Kier molecular flexibility index (Phi) is 3.84. The lowest BCUT2D eigenvalue weighted by atomic mass is 10.1. The minimum atomic E-state index is -0.395. The van der Waals surface area contributed by atoms with Crippen LogP contribution in [0.15, 0.2) is 46.9 Å². The van der Waals surface area contributed by atoms with Gasteiger partial charge in [0.2, 0.25) is 0 Å². The van der Waals surface area contributed by atoms with Gasteiger partial charge in [-0.3, -0.25) is 0 Å². The first-order valence-electron chi connectivity index (χ1n) is 6.60. The van der Waals surface area contributed by atoms with Crippen molar-refractivity contribution in [3.8, 4) is 5.75 Å². The molecule has 0 fully saturated rings. The van der Waals surface area contributed by atoms with E-state index in [2.05, 4.69) is 15.9 Å². The van der Waals surface area contributed by atoms with E-state index in [9.17, 15) is 4.79 Å². The van der Waals surface area contributed by atoms with Crippen LogP contribution in [0.2, 0.25) is 0 Å². The molecule has 4 nitrogen and oxygen atoms in total. The number of carbonyl (C=O) groups is 1. The van der Waals surface area contributed by atoms with Gasteiger partial charge in [-0.2, -0.15) is 0 Å². The van der Waals surface area contributed by atoms with Gasteiger partial charge in [-0.1, -0.05) is 18.2 Å². The van der Waals surface area contributed by atoms with Gasteiger partial charge in [0, 0.05) is 16.6 Å². The number of ether oxygens (including phenoxy) is 2. The van der Waals surface area contributed by atoms with E-state index in [0.717, 1.165) is 22.2 Å². The molecule has 0 saturated carbocycles. The minimum absolute atomic E-state index is 0.126. The lowest BCUT2D eigenvalue weighted by molar-refractivity contribution is 0.0347. The van der Waals surface area contributed by atoms with Crippen molar-refractivity contribution in [2.45, 2.75) is 12.5 Å². The Morgan fingerprint density at radius 1 is 1.33 bits per heavy atom. The Morgan fingerprint density at radius 3 is 2.90 bits per heavy atom. The maximum atomic E-state index is 12.0. The topological polar surface area (TPSA) is 61.6 Å². The summed E-state index contributed by atoms with van der Waals surface area (Å²) in [5, 5.41) is 0. The molecule has 0 radical (unpaired) electrons. The number of rotatable bonds is 3. The number of hydrogen-bond donors (Lipinski definition) is 1. The molecular weight excluding hydrogens is 334 g/mol. The molecule has 3 rings (SSSR count). The molecule has 108 valence electrons.